The highest BCUT2D eigenvalue weighted by atomic mass is 32.2. The van der Waals surface area contributed by atoms with Crippen LogP contribution < -0.4 is 0 Å². The third kappa shape index (κ3) is 4.24. The summed E-state index contributed by atoms with van der Waals surface area (Å²) >= 11 is 1.28. The van der Waals surface area contributed by atoms with E-state index in [2.05, 4.69) is 0 Å². The Kier molecular flexibility index (Phi) is 6.57. The number of aromatic nitrogens is 1. The minimum absolute atomic E-state index is 0.00595. The Labute approximate surface area is 145 Å². The smallest absolute Gasteiger partial charge is 0.174 e. The third-order valence-electron chi connectivity index (χ3n) is 3.92. The monoisotopic (exact) mass is 353 g/mol. The van der Waals surface area contributed by atoms with Gasteiger partial charge in [-0.25, -0.2) is 8.78 Å². The molecule has 1 aromatic carbocycles. The van der Waals surface area contributed by atoms with Crippen molar-refractivity contribution in [2.24, 2.45) is 0 Å². The van der Waals surface area contributed by atoms with Crippen molar-refractivity contribution in [3.63, 3.8) is 0 Å². The highest BCUT2D eigenvalue weighted by molar-refractivity contribution is 7.99. The van der Waals surface area contributed by atoms with Gasteiger partial charge in [0, 0.05) is 41.9 Å². The van der Waals surface area contributed by atoms with Crippen LogP contribution in [-0.4, -0.2) is 29.8 Å². The predicted molar refractivity (Wildman–Crippen MR) is 92.6 cm³/mol. The summed E-state index contributed by atoms with van der Waals surface area (Å²) < 4.78 is 33.9. The number of benzene rings is 1. The second kappa shape index (κ2) is 8.44. The van der Waals surface area contributed by atoms with Crippen LogP contribution in [0.25, 0.3) is 0 Å². The molecule has 0 amide bonds. The largest absolute Gasteiger partial charge is 0.383 e. The van der Waals surface area contributed by atoms with Crippen LogP contribution in [0, 0.1) is 25.5 Å². The topological polar surface area (TPSA) is 31.2 Å². The lowest BCUT2D eigenvalue weighted by Crippen LogP contribution is -2.09. The molecule has 130 valence electrons. The van der Waals surface area contributed by atoms with Crippen molar-refractivity contribution in [1.82, 2.24) is 4.57 Å². The lowest BCUT2D eigenvalue weighted by Gasteiger charge is -2.09. The molecule has 6 heteroatoms. The summed E-state index contributed by atoms with van der Waals surface area (Å²) in [5, 5.41) is 0. The molecule has 0 aliphatic carbocycles. The molecule has 0 bridgehead atoms. The fourth-order valence-electron chi connectivity index (χ4n) is 2.60. The number of ketones is 1. The van der Waals surface area contributed by atoms with Crippen molar-refractivity contribution in [1.29, 1.82) is 0 Å². The molecule has 0 N–H and O–H groups in total. The van der Waals surface area contributed by atoms with E-state index < -0.39 is 11.6 Å². The number of Topliss-reactive ketones (excluding diaryl/α,β-unsaturated/α-hetero) is 1. The zero-order valence-corrected chi connectivity index (χ0v) is 14.9. The maximum Gasteiger partial charge on any atom is 0.174 e. The number of carbonyl (C=O) groups excluding carboxylic acids is 1. The van der Waals surface area contributed by atoms with Gasteiger partial charge in [0.1, 0.15) is 0 Å². The Morgan fingerprint density at radius 2 is 2.04 bits per heavy atom. The number of ether oxygens (including phenoxy) is 1. The number of rotatable bonds is 8. The van der Waals surface area contributed by atoms with Gasteiger partial charge < -0.3 is 9.30 Å². The van der Waals surface area contributed by atoms with E-state index in [1.807, 2.05) is 24.5 Å². The van der Waals surface area contributed by atoms with Crippen LogP contribution in [0.5, 0.6) is 0 Å². The van der Waals surface area contributed by atoms with Gasteiger partial charge in [0.2, 0.25) is 0 Å². The minimum atomic E-state index is -0.860. The molecule has 24 heavy (non-hydrogen) atoms. The predicted octanol–water partition coefficient (Wildman–Crippen LogP) is 4.15. The van der Waals surface area contributed by atoms with Crippen LogP contribution >= 0.6 is 11.8 Å². The molecule has 0 aliphatic rings. The molecule has 0 unspecified atom stereocenters. The molecule has 0 radical (unpaired) electrons. The first kappa shape index (κ1) is 18.7. The van der Waals surface area contributed by atoms with Crippen molar-refractivity contribution in [3.8, 4) is 0 Å². The maximum absolute atomic E-state index is 13.6. The average molecular weight is 353 g/mol. The average Bonchev–Trinajstić information content (AvgIpc) is 2.84. The first-order chi connectivity index (χ1) is 11.5. The molecule has 0 atom stereocenters. The van der Waals surface area contributed by atoms with E-state index in [1.165, 1.54) is 23.9 Å². The molecule has 0 spiro atoms. The van der Waals surface area contributed by atoms with Gasteiger partial charge in [-0.3, -0.25) is 4.79 Å². The summed E-state index contributed by atoms with van der Waals surface area (Å²) in [4.78, 5) is 12.4. The first-order valence-electron chi connectivity index (χ1n) is 7.65. The zero-order valence-electron chi connectivity index (χ0n) is 14.1. The van der Waals surface area contributed by atoms with Gasteiger partial charge in [0.15, 0.2) is 17.4 Å². The van der Waals surface area contributed by atoms with Crippen molar-refractivity contribution >= 4 is 17.5 Å². The molecule has 0 saturated heterocycles. The fourth-order valence-corrected chi connectivity index (χ4v) is 3.49. The van der Waals surface area contributed by atoms with Crippen LogP contribution in [0.3, 0.4) is 0 Å². The third-order valence-corrected chi connectivity index (χ3v) is 4.90. The molecule has 1 aromatic heterocycles. The molecule has 2 rings (SSSR count). The number of halogens is 2. The molecule has 2 aromatic rings. The molecule has 0 saturated carbocycles. The summed E-state index contributed by atoms with van der Waals surface area (Å²) in [6.07, 6.45) is 0. The van der Waals surface area contributed by atoms with Gasteiger partial charge in [0.05, 0.1) is 12.4 Å². The quantitative estimate of drug-likeness (QED) is 0.668. The second-order valence-electron chi connectivity index (χ2n) is 5.56. The Balaban J connectivity index is 1.99. The number of thioether (sulfide) groups is 1. The van der Waals surface area contributed by atoms with Crippen molar-refractivity contribution in [2.75, 3.05) is 19.5 Å². The van der Waals surface area contributed by atoms with E-state index in [1.54, 1.807) is 7.11 Å². The standard InChI is InChI=1S/C18H21F2NO2S/c1-12-9-15(13(2)21(12)7-8-23-3)17(22)11-24-10-14-5-4-6-16(19)18(14)20/h4-6,9H,7-8,10-11H2,1-3H3. The van der Waals surface area contributed by atoms with E-state index in [0.717, 1.165) is 17.5 Å². The minimum Gasteiger partial charge on any atom is -0.383 e. The number of nitrogens with zero attached hydrogens (tertiary/aromatic N) is 1. The molecular weight excluding hydrogens is 332 g/mol. The van der Waals surface area contributed by atoms with Gasteiger partial charge in [-0.05, 0) is 26.0 Å². The van der Waals surface area contributed by atoms with E-state index in [-0.39, 0.29) is 22.9 Å². The van der Waals surface area contributed by atoms with E-state index >= 15 is 0 Å². The van der Waals surface area contributed by atoms with E-state index in [9.17, 15) is 13.6 Å². The summed E-state index contributed by atoms with van der Waals surface area (Å²) in [6, 6.07) is 5.96. The highest BCUT2D eigenvalue weighted by Gasteiger charge is 2.16. The van der Waals surface area contributed by atoms with Gasteiger partial charge in [-0.15, -0.1) is 11.8 Å². The maximum atomic E-state index is 13.6. The summed E-state index contributed by atoms with van der Waals surface area (Å²) in [5.74, 6) is -1.22. The van der Waals surface area contributed by atoms with E-state index in [4.69, 9.17) is 4.74 Å². The van der Waals surface area contributed by atoms with Crippen LogP contribution in [0.2, 0.25) is 0 Å². The lowest BCUT2D eigenvalue weighted by atomic mass is 10.2. The number of hydrogen-bond acceptors (Lipinski definition) is 3. The van der Waals surface area contributed by atoms with Crippen LogP contribution in [0.1, 0.15) is 27.3 Å². The summed E-state index contributed by atoms with van der Waals surface area (Å²) in [7, 11) is 1.64. The van der Waals surface area contributed by atoms with Crippen molar-refractivity contribution in [3.05, 3.63) is 58.4 Å². The second-order valence-corrected chi connectivity index (χ2v) is 6.54. The Bertz CT molecular complexity index is 728. The Hall–Kier alpha value is -1.66. The highest BCUT2D eigenvalue weighted by Crippen LogP contribution is 2.21. The van der Waals surface area contributed by atoms with E-state index in [0.29, 0.717) is 18.7 Å². The number of methoxy groups -OCH3 is 1. The number of carbonyl (C=O) groups is 1. The molecule has 3 nitrogen and oxygen atoms in total. The molecule has 1 heterocycles. The number of aryl methyl sites for hydroxylation is 1. The van der Waals surface area contributed by atoms with Gasteiger partial charge >= 0.3 is 0 Å². The fraction of sp³-hybridized carbons (Fsp3) is 0.389. The summed E-state index contributed by atoms with van der Waals surface area (Å²) in [5.41, 5.74) is 2.87. The first-order valence-corrected chi connectivity index (χ1v) is 8.80. The van der Waals surface area contributed by atoms with Gasteiger partial charge in [-0.1, -0.05) is 12.1 Å². The molecular formula is C18H21F2NO2S. The zero-order chi connectivity index (χ0) is 17.7. The normalized spacial score (nSPS) is 11.0. The Morgan fingerprint density at radius 3 is 2.75 bits per heavy atom. The number of hydrogen-bond donors (Lipinski definition) is 0. The van der Waals surface area contributed by atoms with Crippen LogP contribution in [0.4, 0.5) is 8.78 Å². The van der Waals surface area contributed by atoms with Crippen molar-refractivity contribution in [2.45, 2.75) is 26.1 Å². The lowest BCUT2D eigenvalue weighted by molar-refractivity contribution is 0.102. The molecule has 0 aliphatic heterocycles. The summed E-state index contributed by atoms with van der Waals surface area (Å²) in [6.45, 7) is 5.14. The van der Waals surface area contributed by atoms with Gasteiger partial charge in [-0.2, -0.15) is 0 Å². The van der Waals surface area contributed by atoms with Crippen LogP contribution in [0.15, 0.2) is 24.3 Å². The van der Waals surface area contributed by atoms with Crippen LogP contribution in [-0.2, 0) is 17.0 Å². The SMILES string of the molecule is COCCn1c(C)cc(C(=O)CSCc2cccc(F)c2F)c1C. The van der Waals surface area contributed by atoms with Gasteiger partial charge in [0.25, 0.3) is 0 Å². The Morgan fingerprint density at radius 1 is 1.29 bits per heavy atom. The molecule has 0 fully saturated rings. The van der Waals surface area contributed by atoms with Crippen molar-refractivity contribution < 1.29 is 18.3 Å².